The molecule has 0 aromatic carbocycles. The van der Waals surface area contributed by atoms with E-state index in [-0.39, 0.29) is 35.8 Å². The van der Waals surface area contributed by atoms with Gasteiger partial charge in [0.15, 0.2) is 0 Å². The van der Waals surface area contributed by atoms with Gasteiger partial charge in [0.05, 0.1) is 10.6 Å². The van der Waals surface area contributed by atoms with E-state index in [1.807, 2.05) is 0 Å². The summed E-state index contributed by atoms with van der Waals surface area (Å²) in [5.41, 5.74) is -0.907. The number of pyridine rings is 1. The summed E-state index contributed by atoms with van der Waals surface area (Å²) in [7, 11) is 0. The van der Waals surface area contributed by atoms with Gasteiger partial charge < -0.3 is 16.0 Å². The van der Waals surface area contributed by atoms with Gasteiger partial charge in [-0.2, -0.15) is 13.2 Å². The summed E-state index contributed by atoms with van der Waals surface area (Å²) >= 11 is 5.79. The van der Waals surface area contributed by atoms with Crippen molar-refractivity contribution in [1.29, 1.82) is 0 Å². The van der Waals surface area contributed by atoms with Gasteiger partial charge in [-0.15, -0.1) is 0 Å². The van der Waals surface area contributed by atoms with E-state index in [0.717, 1.165) is 25.5 Å². The number of hydrogen-bond acceptors (Lipinski definition) is 4. The molecule has 0 aliphatic carbocycles. The maximum atomic E-state index is 12.5. The Morgan fingerprint density at radius 2 is 2.25 bits per heavy atom. The van der Waals surface area contributed by atoms with Gasteiger partial charge in [-0.3, -0.25) is 4.79 Å². The third kappa shape index (κ3) is 5.52. The van der Waals surface area contributed by atoms with Crippen LogP contribution in [0.3, 0.4) is 0 Å². The number of aromatic nitrogens is 1. The maximum Gasteiger partial charge on any atom is 0.417 e. The van der Waals surface area contributed by atoms with Crippen LogP contribution in [0.5, 0.6) is 0 Å². The number of piperidine rings is 1. The summed E-state index contributed by atoms with van der Waals surface area (Å²) in [6.45, 7) is 3.18. The maximum absolute atomic E-state index is 12.5. The van der Waals surface area contributed by atoms with Crippen molar-refractivity contribution < 1.29 is 18.0 Å². The number of alkyl halides is 3. The third-order valence-electron chi connectivity index (χ3n) is 3.80. The van der Waals surface area contributed by atoms with E-state index in [9.17, 15) is 18.0 Å². The van der Waals surface area contributed by atoms with Crippen molar-refractivity contribution in [3.8, 4) is 0 Å². The highest BCUT2D eigenvalue weighted by Gasteiger charge is 2.31. The Balaban J connectivity index is 1.78. The molecule has 9 heteroatoms. The first-order valence-electron chi connectivity index (χ1n) is 7.75. The Morgan fingerprint density at radius 1 is 1.50 bits per heavy atom. The second-order valence-electron chi connectivity index (χ2n) is 5.87. The Labute approximate surface area is 143 Å². The molecule has 1 aromatic heterocycles. The lowest BCUT2D eigenvalue weighted by Gasteiger charge is -2.28. The zero-order chi connectivity index (χ0) is 17.7. The van der Waals surface area contributed by atoms with E-state index in [2.05, 4.69) is 27.9 Å². The molecule has 2 atom stereocenters. The molecule has 24 heavy (non-hydrogen) atoms. The first kappa shape index (κ1) is 18.8. The molecule has 1 aliphatic heterocycles. The van der Waals surface area contributed by atoms with Crippen molar-refractivity contribution in [1.82, 2.24) is 15.6 Å². The Morgan fingerprint density at radius 3 is 2.88 bits per heavy atom. The zero-order valence-corrected chi connectivity index (χ0v) is 14.0. The van der Waals surface area contributed by atoms with Gasteiger partial charge in [-0.1, -0.05) is 11.6 Å². The van der Waals surface area contributed by atoms with E-state index in [0.29, 0.717) is 12.2 Å². The van der Waals surface area contributed by atoms with Crippen LogP contribution < -0.4 is 16.0 Å². The molecule has 1 saturated heterocycles. The summed E-state index contributed by atoms with van der Waals surface area (Å²) in [4.78, 5) is 15.6. The summed E-state index contributed by atoms with van der Waals surface area (Å²) in [6.07, 6.45) is -1.82. The van der Waals surface area contributed by atoms with Gasteiger partial charge in [0, 0.05) is 31.2 Å². The van der Waals surface area contributed by atoms with Gasteiger partial charge in [-0.25, -0.2) is 4.98 Å². The molecule has 0 bridgehead atoms. The SMILES string of the molecule is CC1CC(NC(=O)CCNc2ncc(C(F)(F)F)cc2Cl)CCN1. The van der Waals surface area contributed by atoms with Crippen LogP contribution in [0.2, 0.25) is 5.02 Å². The lowest BCUT2D eigenvalue weighted by Crippen LogP contribution is -2.46. The van der Waals surface area contributed by atoms with Crippen molar-refractivity contribution in [3.63, 3.8) is 0 Å². The molecule has 1 aromatic rings. The van der Waals surface area contributed by atoms with Gasteiger partial charge in [0.1, 0.15) is 5.82 Å². The number of nitrogens with zero attached hydrogens (tertiary/aromatic N) is 1. The van der Waals surface area contributed by atoms with Gasteiger partial charge in [0.25, 0.3) is 0 Å². The van der Waals surface area contributed by atoms with Gasteiger partial charge in [-0.05, 0) is 32.4 Å². The average molecular weight is 365 g/mol. The van der Waals surface area contributed by atoms with Crippen LogP contribution in [-0.2, 0) is 11.0 Å². The Kier molecular flexibility index (Phi) is 6.28. The number of nitrogens with one attached hydrogen (secondary N) is 3. The van der Waals surface area contributed by atoms with Crippen molar-refractivity contribution in [2.24, 2.45) is 0 Å². The predicted octanol–water partition coefficient (Wildman–Crippen LogP) is 2.81. The summed E-state index contributed by atoms with van der Waals surface area (Å²) in [5.74, 6) is 0.0255. The van der Waals surface area contributed by atoms with E-state index < -0.39 is 11.7 Å². The fraction of sp³-hybridized carbons (Fsp3) is 0.600. The summed E-state index contributed by atoms with van der Waals surface area (Å²) < 4.78 is 37.6. The Bertz CT molecular complexity index is 582. The smallest absolute Gasteiger partial charge is 0.368 e. The van der Waals surface area contributed by atoms with Gasteiger partial charge >= 0.3 is 6.18 Å². The molecular weight excluding hydrogens is 345 g/mol. The molecular formula is C15H20ClF3N4O. The average Bonchev–Trinajstić information content (AvgIpc) is 2.48. The third-order valence-corrected chi connectivity index (χ3v) is 4.09. The molecule has 0 radical (unpaired) electrons. The highest BCUT2D eigenvalue weighted by Crippen LogP contribution is 2.32. The quantitative estimate of drug-likeness (QED) is 0.751. The highest BCUT2D eigenvalue weighted by atomic mass is 35.5. The minimum atomic E-state index is -4.49. The number of halogens is 4. The van der Waals surface area contributed by atoms with E-state index in [1.165, 1.54) is 0 Å². The normalized spacial score (nSPS) is 21.4. The van der Waals surface area contributed by atoms with Crippen molar-refractivity contribution >= 4 is 23.3 Å². The van der Waals surface area contributed by atoms with Crippen LogP contribution in [0.15, 0.2) is 12.3 Å². The van der Waals surface area contributed by atoms with Crippen molar-refractivity contribution in [3.05, 3.63) is 22.8 Å². The topological polar surface area (TPSA) is 66.0 Å². The summed E-state index contributed by atoms with van der Waals surface area (Å²) in [6, 6.07) is 1.34. The first-order chi connectivity index (χ1) is 11.3. The van der Waals surface area contributed by atoms with Crippen LogP contribution in [0.4, 0.5) is 19.0 Å². The van der Waals surface area contributed by atoms with Crippen molar-refractivity contribution in [2.75, 3.05) is 18.4 Å². The summed E-state index contributed by atoms with van der Waals surface area (Å²) in [5, 5.41) is 8.92. The number of rotatable bonds is 5. The molecule has 0 spiro atoms. The minimum absolute atomic E-state index is 0.107. The molecule has 134 valence electrons. The molecule has 2 rings (SSSR count). The molecule has 1 aliphatic rings. The first-order valence-corrected chi connectivity index (χ1v) is 8.13. The number of hydrogen-bond donors (Lipinski definition) is 3. The van der Waals surface area contributed by atoms with Crippen LogP contribution in [0.25, 0.3) is 0 Å². The van der Waals surface area contributed by atoms with E-state index in [4.69, 9.17) is 11.6 Å². The number of anilines is 1. The molecule has 1 fully saturated rings. The van der Waals surface area contributed by atoms with Crippen LogP contribution >= 0.6 is 11.6 Å². The minimum Gasteiger partial charge on any atom is -0.368 e. The van der Waals surface area contributed by atoms with Crippen molar-refractivity contribution in [2.45, 2.75) is 44.4 Å². The molecule has 1 amide bonds. The van der Waals surface area contributed by atoms with Crippen LogP contribution in [0, 0.1) is 0 Å². The second kappa shape index (κ2) is 8.02. The standard InChI is InChI=1S/C15H20ClF3N4O/c1-9-6-11(2-4-20-9)23-13(24)3-5-21-14-12(16)7-10(8-22-14)15(17,18)19/h7-9,11,20H,2-6H2,1H3,(H,21,22)(H,23,24). The number of carbonyl (C=O) groups is 1. The Hall–Kier alpha value is -1.54. The van der Waals surface area contributed by atoms with Gasteiger partial charge in [0.2, 0.25) is 5.91 Å². The second-order valence-corrected chi connectivity index (χ2v) is 6.28. The highest BCUT2D eigenvalue weighted by molar-refractivity contribution is 6.32. The lowest BCUT2D eigenvalue weighted by molar-refractivity contribution is -0.137. The number of amides is 1. The predicted molar refractivity (Wildman–Crippen MR) is 86.0 cm³/mol. The zero-order valence-electron chi connectivity index (χ0n) is 13.2. The molecule has 2 heterocycles. The molecule has 2 unspecified atom stereocenters. The monoisotopic (exact) mass is 364 g/mol. The lowest BCUT2D eigenvalue weighted by atomic mass is 10.0. The van der Waals surface area contributed by atoms with E-state index >= 15 is 0 Å². The largest absolute Gasteiger partial charge is 0.417 e. The molecule has 0 saturated carbocycles. The molecule has 3 N–H and O–H groups in total. The number of carbonyl (C=O) groups excluding carboxylic acids is 1. The fourth-order valence-electron chi connectivity index (χ4n) is 2.58. The fourth-order valence-corrected chi connectivity index (χ4v) is 2.81. The van der Waals surface area contributed by atoms with Crippen LogP contribution in [0.1, 0.15) is 31.7 Å². The van der Waals surface area contributed by atoms with Crippen LogP contribution in [-0.4, -0.2) is 36.1 Å². The van der Waals surface area contributed by atoms with E-state index in [1.54, 1.807) is 0 Å². The molecule has 5 nitrogen and oxygen atoms in total.